The average Bonchev–Trinajstić information content (AvgIpc) is 3.03. The number of rotatable bonds is 4. The van der Waals surface area contributed by atoms with E-state index in [0.717, 1.165) is 16.7 Å². The van der Waals surface area contributed by atoms with E-state index in [4.69, 9.17) is 5.73 Å². The van der Waals surface area contributed by atoms with Gasteiger partial charge in [0, 0.05) is 25.6 Å². The Hall–Kier alpha value is -2.08. The number of nitrogens with two attached hydrogens (primary N) is 1. The summed E-state index contributed by atoms with van der Waals surface area (Å²) in [7, 11) is 0. The van der Waals surface area contributed by atoms with Crippen LogP contribution < -0.4 is 5.73 Å². The molecule has 28 heavy (non-hydrogen) atoms. The minimum atomic E-state index is -4.62. The van der Waals surface area contributed by atoms with Gasteiger partial charge >= 0.3 is 6.18 Å². The Morgan fingerprint density at radius 2 is 1.93 bits per heavy atom. The smallest absolute Gasteiger partial charge is 0.333 e. The predicted octanol–water partition coefficient (Wildman–Crippen LogP) is 2.64. The first-order valence-electron chi connectivity index (χ1n) is 8.22. The molecule has 1 aromatic heterocycles. The van der Waals surface area contributed by atoms with Crippen LogP contribution in [0.4, 0.5) is 22.0 Å². The van der Waals surface area contributed by atoms with Gasteiger partial charge in [0.05, 0.1) is 11.0 Å². The highest BCUT2D eigenvalue weighted by atomic mass is 79.9. The second-order valence-corrected chi connectivity index (χ2v) is 7.28. The molecule has 6 nitrogen and oxygen atoms in total. The maximum atomic E-state index is 13.9. The monoisotopic (exact) mass is 467 g/mol. The number of aromatic nitrogens is 3. The van der Waals surface area contributed by atoms with E-state index in [9.17, 15) is 26.7 Å². The van der Waals surface area contributed by atoms with Crippen molar-refractivity contribution < 1.29 is 26.7 Å². The summed E-state index contributed by atoms with van der Waals surface area (Å²) in [5, 5.41) is 6.65. The Labute approximate surface area is 164 Å². The summed E-state index contributed by atoms with van der Waals surface area (Å²) in [5.74, 6) is -2.78. The van der Waals surface area contributed by atoms with Crippen LogP contribution >= 0.6 is 15.9 Å². The van der Waals surface area contributed by atoms with Crippen LogP contribution in [-0.4, -0.2) is 38.2 Å². The summed E-state index contributed by atoms with van der Waals surface area (Å²) in [5.41, 5.74) is 5.93. The van der Waals surface area contributed by atoms with Gasteiger partial charge in [-0.2, -0.15) is 13.2 Å². The minimum absolute atomic E-state index is 0.0194. The molecule has 0 spiro atoms. The zero-order valence-corrected chi connectivity index (χ0v) is 15.9. The van der Waals surface area contributed by atoms with Crippen molar-refractivity contribution in [3.63, 3.8) is 0 Å². The number of carbonyl (C=O) groups is 1. The van der Waals surface area contributed by atoms with Crippen molar-refractivity contribution in [3.8, 4) is 0 Å². The molecule has 0 fully saturated rings. The summed E-state index contributed by atoms with van der Waals surface area (Å²) in [6, 6.07) is 1.20. The van der Waals surface area contributed by atoms with Crippen molar-refractivity contribution in [3.05, 3.63) is 45.5 Å². The van der Waals surface area contributed by atoms with Crippen molar-refractivity contribution in [2.24, 2.45) is 5.73 Å². The summed E-state index contributed by atoms with van der Waals surface area (Å²) in [6.45, 7) is -0.179. The van der Waals surface area contributed by atoms with Crippen LogP contribution in [0.5, 0.6) is 0 Å². The van der Waals surface area contributed by atoms with E-state index in [1.54, 1.807) is 0 Å². The van der Waals surface area contributed by atoms with Crippen LogP contribution in [0.1, 0.15) is 23.6 Å². The van der Waals surface area contributed by atoms with Crippen LogP contribution in [0.2, 0.25) is 0 Å². The number of halogens is 6. The van der Waals surface area contributed by atoms with Crippen LogP contribution in [0, 0.1) is 11.6 Å². The molecular weight excluding hydrogens is 453 g/mol. The summed E-state index contributed by atoms with van der Waals surface area (Å²) < 4.78 is 66.9. The first kappa shape index (κ1) is 20.6. The molecular formula is C16H15BrF5N5O. The molecule has 152 valence electrons. The largest absolute Gasteiger partial charge is 0.451 e. The SMILES string of the molecule is NC(CC(=O)N1CCn2c(nnc2C(F)(F)F)C1)Cc1cc(F)c(Br)cc1F. The second-order valence-electron chi connectivity index (χ2n) is 6.43. The topological polar surface area (TPSA) is 77.0 Å². The van der Waals surface area contributed by atoms with E-state index in [1.807, 2.05) is 0 Å². The van der Waals surface area contributed by atoms with E-state index < -0.39 is 35.6 Å². The molecule has 2 heterocycles. The fraction of sp³-hybridized carbons (Fsp3) is 0.438. The van der Waals surface area contributed by atoms with Gasteiger partial charge < -0.3 is 15.2 Å². The molecule has 2 aromatic rings. The number of carbonyl (C=O) groups excluding carboxylic acids is 1. The number of hydrogen-bond donors (Lipinski definition) is 1. The Morgan fingerprint density at radius 3 is 2.61 bits per heavy atom. The molecule has 2 N–H and O–H groups in total. The number of alkyl halides is 3. The highest BCUT2D eigenvalue weighted by molar-refractivity contribution is 9.10. The molecule has 1 atom stereocenters. The summed E-state index contributed by atoms with van der Waals surface area (Å²) >= 11 is 2.88. The molecule has 1 amide bonds. The Kier molecular flexibility index (Phi) is 5.71. The fourth-order valence-electron chi connectivity index (χ4n) is 3.01. The van der Waals surface area contributed by atoms with Gasteiger partial charge in [0.25, 0.3) is 0 Å². The molecule has 1 aliphatic rings. The van der Waals surface area contributed by atoms with E-state index in [2.05, 4.69) is 26.1 Å². The van der Waals surface area contributed by atoms with Crippen molar-refractivity contribution in [1.82, 2.24) is 19.7 Å². The lowest BCUT2D eigenvalue weighted by molar-refractivity contribution is -0.148. The number of fused-ring (bicyclic) bond motifs is 1. The van der Waals surface area contributed by atoms with E-state index in [-0.39, 0.29) is 48.3 Å². The fourth-order valence-corrected chi connectivity index (χ4v) is 3.32. The van der Waals surface area contributed by atoms with E-state index in [1.165, 1.54) is 4.90 Å². The molecule has 3 rings (SSSR count). The first-order valence-corrected chi connectivity index (χ1v) is 9.01. The molecule has 0 radical (unpaired) electrons. The second kappa shape index (κ2) is 7.74. The lowest BCUT2D eigenvalue weighted by Gasteiger charge is -2.29. The maximum absolute atomic E-state index is 13.9. The van der Waals surface area contributed by atoms with Gasteiger partial charge in [0.2, 0.25) is 11.7 Å². The Balaban J connectivity index is 1.63. The number of nitrogens with zero attached hydrogens (tertiary/aromatic N) is 4. The van der Waals surface area contributed by atoms with Gasteiger partial charge in [-0.3, -0.25) is 4.79 Å². The normalized spacial score (nSPS) is 15.5. The molecule has 12 heteroatoms. The molecule has 0 saturated heterocycles. The summed E-state index contributed by atoms with van der Waals surface area (Å²) in [4.78, 5) is 13.7. The quantitative estimate of drug-likeness (QED) is 0.553. The number of hydrogen-bond acceptors (Lipinski definition) is 4. The van der Waals surface area contributed by atoms with Crippen molar-refractivity contribution in [2.45, 2.75) is 38.1 Å². The van der Waals surface area contributed by atoms with Gasteiger partial charge in [0.15, 0.2) is 5.82 Å². The minimum Gasteiger partial charge on any atom is -0.333 e. The van der Waals surface area contributed by atoms with Crippen molar-refractivity contribution in [1.29, 1.82) is 0 Å². The predicted molar refractivity (Wildman–Crippen MR) is 90.8 cm³/mol. The van der Waals surface area contributed by atoms with Crippen molar-refractivity contribution >= 4 is 21.8 Å². The van der Waals surface area contributed by atoms with Gasteiger partial charge in [0.1, 0.15) is 11.6 Å². The zero-order valence-electron chi connectivity index (χ0n) is 14.3. The third kappa shape index (κ3) is 4.32. The van der Waals surface area contributed by atoms with Crippen molar-refractivity contribution in [2.75, 3.05) is 6.54 Å². The first-order chi connectivity index (χ1) is 13.1. The van der Waals surface area contributed by atoms with Crippen LogP contribution in [0.15, 0.2) is 16.6 Å². The van der Waals surface area contributed by atoms with Gasteiger partial charge in [-0.15, -0.1) is 10.2 Å². The van der Waals surface area contributed by atoms with Gasteiger partial charge in [-0.1, -0.05) is 0 Å². The Morgan fingerprint density at radius 1 is 1.21 bits per heavy atom. The third-order valence-electron chi connectivity index (χ3n) is 4.37. The molecule has 0 bridgehead atoms. The van der Waals surface area contributed by atoms with Gasteiger partial charge in [-0.05, 0) is 40.0 Å². The standard InChI is InChI=1S/C16H15BrF5N5O/c17-10-6-11(18)8(4-12(10)19)3-9(23)5-14(28)26-1-2-27-13(7-26)24-25-15(27)16(20,21)22/h4,6,9H,1-3,5,7,23H2. The van der Waals surface area contributed by atoms with E-state index in [0.29, 0.717) is 0 Å². The third-order valence-corrected chi connectivity index (χ3v) is 4.98. The molecule has 1 aliphatic heterocycles. The molecule has 1 aromatic carbocycles. The highest BCUT2D eigenvalue weighted by Gasteiger charge is 2.39. The lowest BCUT2D eigenvalue weighted by Crippen LogP contribution is -2.42. The van der Waals surface area contributed by atoms with Crippen LogP contribution in [-0.2, 0) is 30.5 Å². The zero-order chi connectivity index (χ0) is 20.6. The van der Waals surface area contributed by atoms with Crippen LogP contribution in [0.3, 0.4) is 0 Å². The average molecular weight is 468 g/mol. The van der Waals surface area contributed by atoms with Crippen LogP contribution in [0.25, 0.3) is 0 Å². The number of amides is 1. The maximum Gasteiger partial charge on any atom is 0.451 e. The Bertz CT molecular complexity index is 900. The lowest BCUT2D eigenvalue weighted by atomic mass is 10.0. The number of benzene rings is 1. The van der Waals surface area contributed by atoms with Gasteiger partial charge in [-0.25, -0.2) is 8.78 Å². The summed E-state index contributed by atoms with van der Waals surface area (Å²) in [6.07, 6.45) is -4.86. The highest BCUT2D eigenvalue weighted by Crippen LogP contribution is 2.29. The van der Waals surface area contributed by atoms with E-state index >= 15 is 0 Å². The molecule has 0 aliphatic carbocycles. The molecule has 0 saturated carbocycles. The molecule has 1 unspecified atom stereocenters.